The molecule has 0 radical (unpaired) electrons. The normalized spacial score (nSPS) is 22.6. The fourth-order valence-electron chi connectivity index (χ4n) is 4.15. The molecule has 3 aromatic rings. The molecule has 26 heavy (non-hydrogen) atoms. The minimum Gasteiger partial charge on any atom is -0.318 e. The highest BCUT2D eigenvalue weighted by Crippen LogP contribution is 2.76. The summed E-state index contributed by atoms with van der Waals surface area (Å²) in [6.07, 6.45) is 1.49. The molecule has 130 valence electrons. The number of hydrogen-bond donors (Lipinski definition) is 0. The van der Waals surface area contributed by atoms with E-state index in [4.69, 9.17) is 0 Å². The maximum absolute atomic E-state index is 14.6. The molecule has 1 aliphatic heterocycles. The van der Waals surface area contributed by atoms with E-state index in [1.807, 2.05) is 42.5 Å². The van der Waals surface area contributed by atoms with E-state index in [-0.39, 0.29) is 5.66 Å². The molecule has 0 bridgehead atoms. The third-order valence-corrected chi connectivity index (χ3v) is 9.00. The quantitative estimate of drug-likeness (QED) is 0.454. The molecule has 0 aromatic heterocycles. The summed E-state index contributed by atoms with van der Waals surface area (Å²) in [4.78, 5) is 0. The molecule has 2 heteroatoms. The summed E-state index contributed by atoms with van der Waals surface area (Å²) in [5, 5.41) is 1.09. The lowest BCUT2D eigenvalue weighted by Gasteiger charge is -2.25. The van der Waals surface area contributed by atoms with E-state index in [1.54, 1.807) is 0 Å². The van der Waals surface area contributed by atoms with Crippen molar-refractivity contribution in [2.45, 2.75) is 25.2 Å². The summed E-state index contributed by atoms with van der Waals surface area (Å²) in [5.41, 5.74) is 4.79. The van der Waals surface area contributed by atoms with Crippen molar-refractivity contribution in [2.75, 3.05) is 0 Å². The summed E-state index contributed by atoms with van der Waals surface area (Å²) in [6.45, 7) is 2.16. The molecule has 0 saturated heterocycles. The minimum atomic E-state index is -2.63. The first-order valence-corrected chi connectivity index (χ1v) is 11.1. The number of benzene rings is 3. The van der Waals surface area contributed by atoms with Crippen molar-refractivity contribution in [3.05, 3.63) is 113 Å². The zero-order chi connectivity index (χ0) is 18.0. The Morgan fingerprint density at radius 1 is 0.808 bits per heavy atom. The maximum atomic E-state index is 14.6. The number of hydrogen-bond acceptors (Lipinski definition) is 1. The summed E-state index contributed by atoms with van der Waals surface area (Å²) < 4.78 is 14.6. The highest BCUT2D eigenvalue weighted by molar-refractivity contribution is 7.74. The van der Waals surface area contributed by atoms with Crippen molar-refractivity contribution in [1.82, 2.24) is 0 Å². The molecule has 0 saturated carbocycles. The van der Waals surface area contributed by atoms with Crippen LogP contribution in [0.1, 0.15) is 35.7 Å². The van der Waals surface area contributed by atoms with Gasteiger partial charge in [0.15, 0.2) is 0 Å². The van der Waals surface area contributed by atoms with Gasteiger partial charge in [0.2, 0.25) is 0 Å². The van der Waals surface area contributed by atoms with Crippen molar-refractivity contribution in [2.24, 2.45) is 0 Å². The fourth-order valence-corrected chi connectivity index (χ4v) is 8.14. The summed E-state index contributed by atoms with van der Waals surface area (Å²) in [7, 11) is -2.63. The number of allylic oxidation sites excluding steroid dienone is 1. The van der Waals surface area contributed by atoms with Crippen molar-refractivity contribution in [3.8, 4) is 0 Å². The van der Waals surface area contributed by atoms with Crippen molar-refractivity contribution in [3.63, 3.8) is 0 Å². The lowest BCUT2D eigenvalue weighted by Crippen LogP contribution is -1.99. The largest absolute Gasteiger partial charge is 0.318 e. The zero-order valence-corrected chi connectivity index (χ0v) is 15.9. The summed E-state index contributed by atoms with van der Waals surface area (Å²) in [6, 6.07) is 31.0. The second-order valence-corrected chi connectivity index (χ2v) is 10.0. The van der Waals surface area contributed by atoms with Gasteiger partial charge in [-0.15, -0.1) is 0 Å². The number of rotatable bonds is 4. The van der Waals surface area contributed by atoms with Crippen LogP contribution in [0.4, 0.5) is 0 Å². The van der Waals surface area contributed by atoms with Crippen LogP contribution >= 0.6 is 7.14 Å². The molecule has 2 unspecified atom stereocenters. The topological polar surface area (TPSA) is 17.1 Å². The fraction of sp³-hybridized carbons (Fsp3) is 0.167. The predicted octanol–water partition coefficient (Wildman–Crippen LogP) is 7.13. The molecule has 0 N–H and O–H groups in total. The van der Waals surface area contributed by atoms with Gasteiger partial charge in [-0.2, -0.15) is 0 Å². The molecule has 3 aromatic carbocycles. The van der Waals surface area contributed by atoms with E-state index >= 15 is 0 Å². The first-order valence-electron chi connectivity index (χ1n) is 9.12. The molecule has 0 fully saturated rings. The van der Waals surface area contributed by atoms with Gasteiger partial charge >= 0.3 is 0 Å². The standard InChI is InChI=1S/C24H23OP/c1-19-17-23(21-13-7-3-8-14-21)26(25,18-20-11-5-2-6-12-20)24(19)22-15-9-4-10-16-22/h2-16,23H,17-18H2,1H3. The molecule has 0 spiro atoms. The molecule has 2 atom stereocenters. The molecule has 1 nitrogen and oxygen atoms in total. The minimum absolute atomic E-state index is 0.0686. The van der Waals surface area contributed by atoms with Gasteiger partial charge < -0.3 is 4.57 Å². The van der Waals surface area contributed by atoms with Gasteiger partial charge in [0, 0.05) is 17.1 Å². The van der Waals surface area contributed by atoms with Gasteiger partial charge in [0.1, 0.15) is 7.14 Å². The highest BCUT2D eigenvalue weighted by atomic mass is 31.2. The zero-order valence-electron chi connectivity index (χ0n) is 15.0. The summed E-state index contributed by atoms with van der Waals surface area (Å²) in [5.74, 6) is 0. The Kier molecular flexibility index (Phi) is 4.66. The lowest BCUT2D eigenvalue weighted by molar-refractivity contribution is 0.573. The van der Waals surface area contributed by atoms with E-state index in [2.05, 4.69) is 55.5 Å². The molecule has 1 heterocycles. The van der Waals surface area contributed by atoms with Crippen LogP contribution < -0.4 is 0 Å². The van der Waals surface area contributed by atoms with Gasteiger partial charge in [-0.3, -0.25) is 0 Å². The molecule has 0 amide bonds. The van der Waals surface area contributed by atoms with Crippen molar-refractivity contribution in [1.29, 1.82) is 0 Å². The lowest BCUT2D eigenvalue weighted by atomic mass is 10.0. The van der Waals surface area contributed by atoms with E-state index in [9.17, 15) is 4.57 Å². The molecule has 0 aliphatic carbocycles. The Morgan fingerprint density at radius 3 is 1.96 bits per heavy atom. The third-order valence-electron chi connectivity index (χ3n) is 5.28. The molecule has 1 aliphatic rings. The van der Waals surface area contributed by atoms with Crippen LogP contribution in [0.2, 0.25) is 0 Å². The Labute approximate surface area is 155 Å². The van der Waals surface area contributed by atoms with Crippen LogP contribution in [0.25, 0.3) is 5.31 Å². The van der Waals surface area contributed by atoms with Crippen molar-refractivity contribution < 1.29 is 4.57 Å². The van der Waals surface area contributed by atoms with Crippen molar-refractivity contribution >= 4 is 12.5 Å². The molecular weight excluding hydrogens is 335 g/mol. The van der Waals surface area contributed by atoms with Gasteiger partial charge in [-0.1, -0.05) is 96.6 Å². The van der Waals surface area contributed by atoms with Gasteiger partial charge in [0.05, 0.1) is 0 Å². The average Bonchev–Trinajstić information content (AvgIpc) is 2.94. The van der Waals surface area contributed by atoms with E-state index in [1.165, 1.54) is 11.1 Å². The molecule has 4 rings (SSSR count). The highest BCUT2D eigenvalue weighted by Gasteiger charge is 2.44. The monoisotopic (exact) mass is 358 g/mol. The maximum Gasteiger partial charge on any atom is 0.127 e. The smallest absolute Gasteiger partial charge is 0.127 e. The van der Waals surface area contributed by atoms with Crippen LogP contribution in [-0.2, 0) is 10.7 Å². The first kappa shape index (κ1) is 17.1. The third kappa shape index (κ3) is 3.08. The average molecular weight is 358 g/mol. The van der Waals surface area contributed by atoms with Crippen LogP contribution in [0, 0.1) is 0 Å². The summed E-state index contributed by atoms with van der Waals surface area (Å²) >= 11 is 0. The first-order chi connectivity index (χ1) is 12.7. The Hall–Kier alpha value is -2.37. The van der Waals surface area contributed by atoms with Gasteiger partial charge in [0.25, 0.3) is 0 Å². The SMILES string of the molecule is CC1=C(c2ccccc2)P(=O)(Cc2ccccc2)C(c2ccccc2)C1. The second-order valence-electron chi connectivity index (χ2n) is 7.06. The Bertz CT molecular complexity index is 959. The Balaban J connectivity index is 1.84. The molecular formula is C24H23OP. The van der Waals surface area contributed by atoms with E-state index in [0.29, 0.717) is 6.16 Å². The second kappa shape index (κ2) is 7.09. The van der Waals surface area contributed by atoms with Crippen LogP contribution in [0.15, 0.2) is 96.6 Å². The van der Waals surface area contributed by atoms with Crippen LogP contribution in [0.3, 0.4) is 0 Å². The van der Waals surface area contributed by atoms with E-state index < -0.39 is 7.14 Å². The van der Waals surface area contributed by atoms with Crippen LogP contribution in [-0.4, -0.2) is 0 Å². The predicted molar refractivity (Wildman–Crippen MR) is 111 cm³/mol. The van der Waals surface area contributed by atoms with Gasteiger partial charge in [-0.25, -0.2) is 0 Å². The Morgan fingerprint density at radius 2 is 1.35 bits per heavy atom. The van der Waals surface area contributed by atoms with Crippen LogP contribution in [0.5, 0.6) is 0 Å². The van der Waals surface area contributed by atoms with E-state index in [0.717, 1.165) is 22.9 Å². The van der Waals surface area contributed by atoms with Gasteiger partial charge in [-0.05, 0) is 30.0 Å².